The molecule has 0 saturated heterocycles. The quantitative estimate of drug-likeness (QED) is 0.350. The average Bonchev–Trinajstić information content (AvgIpc) is 2.69. The predicted molar refractivity (Wildman–Crippen MR) is 107 cm³/mol. The van der Waals surface area contributed by atoms with Crippen LogP contribution >= 0.6 is 0 Å². The highest BCUT2D eigenvalue weighted by Crippen LogP contribution is 2.21. The number of allylic oxidation sites excluding steroid dienone is 1. The van der Waals surface area contributed by atoms with Crippen LogP contribution in [0.5, 0.6) is 0 Å². The van der Waals surface area contributed by atoms with Gasteiger partial charge in [-0.3, -0.25) is 10.1 Å². The lowest BCUT2D eigenvalue weighted by Crippen LogP contribution is -2.29. The fourth-order valence-corrected chi connectivity index (χ4v) is 2.79. The van der Waals surface area contributed by atoms with Gasteiger partial charge < -0.3 is 4.74 Å². The first-order valence-electron chi connectivity index (χ1n) is 9.45. The molecule has 138 valence electrons. The molecular formula is C23H29NO2. The van der Waals surface area contributed by atoms with E-state index in [1.54, 1.807) is 0 Å². The zero-order chi connectivity index (χ0) is 18.5. The number of esters is 1. The Bertz CT molecular complexity index is 613. The second kappa shape index (κ2) is 12.0. The van der Waals surface area contributed by atoms with Crippen LogP contribution in [0.3, 0.4) is 0 Å². The smallest absolute Gasteiger partial charge is 0.320 e. The van der Waals surface area contributed by atoms with Crippen LogP contribution < -0.4 is 5.32 Å². The molecule has 2 rings (SSSR count). The second-order valence-corrected chi connectivity index (χ2v) is 6.29. The van der Waals surface area contributed by atoms with E-state index in [4.69, 9.17) is 4.74 Å². The average molecular weight is 351 g/mol. The van der Waals surface area contributed by atoms with Gasteiger partial charge in [-0.05, 0) is 24.0 Å². The molecular weight excluding hydrogens is 322 g/mol. The molecule has 26 heavy (non-hydrogen) atoms. The van der Waals surface area contributed by atoms with E-state index in [1.807, 2.05) is 42.5 Å². The molecule has 0 saturated carbocycles. The molecule has 2 aromatic carbocycles. The number of hydrogen-bond acceptors (Lipinski definition) is 3. The monoisotopic (exact) mass is 351 g/mol. The zero-order valence-electron chi connectivity index (χ0n) is 15.6. The van der Waals surface area contributed by atoms with Crippen molar-refractivity contribution in [3.8, 4) is 0 Å². The lowest BCUT2D eigenvalue weighted by atomic mass is 9.99. The summed E-state index contributed by atoms with van der Waals surface area (Å²) in [5.74, 6) is -0.236. The lowest BCUT2D eigenvalue weighted by molar-refractivity contribution is -0.141. The van der Waals surface area contributed by atoms with Gasteiger partial charge in [0.2, 0.25) is 0 Å². The van der Waals surface area contributed by atoms with Gasteiger partial charge >= 0.3 is 5.97 Å². The van der Waals surface area contributed by atoms with Gasteiger partial charge in [-0.2, -0.15) is 0 Å². The third kappa shape index (κ3) is 7.24. The molecule has 0 radical (unpaired) electrons. The molecule has 0 heterocycles. The fraction of sp³-hybridized carbons (Fsp3) is 0.348. The van der Waals surface area contributed by atoms with E-state index in [0.717, 1.165) is 17.5 Å². The van der Waals surface area contributed by atoms with Crippen molar-refractivity contribution in [3.63, 3.8) is 0 Å². The molecule has 0 aliphatic rings. The molecule has 3 nitrogen and oxygen atoms in total. The van der Waals surface area contributed by atoms with Crippen LogP contribution in [-0.2, 0) is 9.53 Å². The largest absolute Gasteiger partial charge is 0.461 e. The molecule has 0 aliphatic carbocycles. The minimum absolute atomic E-state index is 0.0328. The van der Waals surface area contributed by atoms with Gasteiger partial charge in [0.25, 0.3) is 0 Å². The SMILES string of the molecule is CCCCCC=CCOC(=O)CNC(c1ccccc1)c1ccccc1. The summed E-state index contributed by atoms with van der Waals surface area (Å²) in [6.07, 6.45) is 8.73. The van der Waals surface area contributed by atoms with E-state index in [1.165, 1.54) is 19.3 Å². The molecule has 3 heteroatoms. The normalized spacial score (nSPS) is 11.2. The maximum atomic E-state index is 12.0. The Labute approximate surface area is 157 Å². The Balaban J connectivity index is 1.83. The lowest BCUT2D eigenvalue weighted by Gasteiger charge is -2.19. The molecule has 1 N–H and O–H groups in total. The number of rotatable bonds is 11. The summed E-state index contributed by atoms with van der Waals surface area (Å²) in [4.78, 5) is 12.0. The van der Waals surface area contributed by atoms with Crippen LogP contribution in [0.4, 0.5) is 0 Å². The van der Waals surface area contributed by atoms with Gasteiger partial charge in [0.1, 0.15) is 6.61 Å². The van der Waals surface area contributed by atoms with Gasteiger partial charge in [-0.15, -0.1) is 0 Å². The van der Waals surface area contributed by atoms with Crippen LogP contribution in [-0.4, -0.2) is 19.1 Å². The number of nitrogens with one attached hydrogen (secondary N) is 1. The maximum Gasteiger partial charge on any atom is 0.320 e. The molecule has 0 amide bonds. The van der Waals surface area contributed by atoms with E-state index in [0.29, 0.717) is 6.61 Å². The summed E-state index contributed by atoms with van der Waals surface area (Å²) in [5.41, 5.74) is 2.25. The number of carbonyl (C=O) groups excluding carboxylic acids is 1. The van der Waals surface area contributed by atoms with Gasteiger partial charge in [-0.1, -0.05) is 92.6 Å². The summed E-state index contributed by atoms with van der Waals surface area (Å²) in [6, 6.07) is 20.2. The highest BCUT2D eigenvalue weighted by molar-refractivity contribution is 5.71. The third-order valence-electron chi connectivity index (χ3n) is 4.20. The van der Waals surface area contributed by atoms with Crippen molar-refractivity contribution >= 4 is 5.97 Å². The topological polar surface area (TPSA) is 38.3 Å². The Hall–Kier alpha value is -2.39. The van der Waals surface area contributed by atoms with Crippen LogP contribution in [0.15, 0.2) is 72.8 Å². The first kappa shape index (κ1) is 19.9. The number of ether oxygens (including phenoxy) is 1. The van der Waals surface area contributed by atoms with Gasteiger partial charge in [0.15, 0.2) is 0 Å². The Morgan fingerprint density at radius 3 is 2.15 bits per heavy atom. The molecule has 0 bridgehead atoms. The van der Waals surface area contributed by atoms with E-state index in [9.17, 15) is 4.79 Å². The number of hydrogen-bond donors (Lipinski definition) is 1. The molecule has 0 unspecified atom stereocenters. The fourth-order valence-electron chi connectivity index (χ4n) is 2.79. The standard InChI is InChI=1S/C23H29NO2/c1-2-3-4-5-6-13-18-26-22(25)19-24-23(20-14-9-7-10-15-20)21-16-11-8-12-17-21/h6-17,23-24H,2-5,18-19H2,1H3. The summed E-state index contributed by atoms with van der Waals surface area (Å²) in [7, 11) is 0. The summed E-state index contributed by atoms with van der Waals surface area (Å²) >= 11 is 0. The number of unbranched alkanes of at least 4 members (excludes halogenated alkanes) is 3. The van der Waals surface area contributed by atoms with E-state index >= 15 is 0 Å². The maximum absolute atomic E-state index is 12.0. The van der Waals surface area contributed by atoms with E-state index < -0.39 is 0 Å². The molecule has 0 atom stereocenters. The highest BCUT2D eigenvalue weighted by Gasteiger charge is 2.14. The van der Waals surface area contributed by atoms with E-state index in [2.05, 4.69) is 42.6 Å². The predicted octanol–water partition coefficient (Wildman–Crippen LogP) is 5.05. The van der Waals surface area contributed by atoms with Crippen molar-refractivity contribution in [1.29, 1.82) is 0 Å². The van der Waals surface area contributed by atoms with Crippen molar-refractivity contribution in [2.75, 3.05) is 13.2 Å². The molecule has 0 spiro atoms. The first-order valence-corrected chi connectivity index (χ1v) is 9.45. The van der Waals surface area contributed by atoms with Crippen molar-refractivity contribution in [2.24, 2.45) is 0 Å². The Morgan fingerprint density at radius 2 is 1.58 bits per heavy atom. The number of carbonyl (C=O) groups is 1. The minimum Gasteiger partial charge on any atom is -0.461 e. The molecule has 0 aromatic heterocycles. The molecule has 2 aromatic rings. The van der Waals surface area contributed by atoms with Crippen molar-refractivity contribution in [1.82, 2.24) is 5.32 Å². The number of benzene rings is 2. The Kier molecular flexibility index (Phi) is 9.23. The highest BCUT2D eigenvalue weighted by atomic mass is 16.5. The van der Waals surface area contributed by atoms with Gasteiger partial charge in [0, 0.05) is 0 Å². The molecule has 0 fully saturated rings. The van der Waals surface area contributed by atoms with Gasteiger partial charge in [-0.25, -0.2) is 0 Å². The van der Waals surface area contributed by atoms with Crippen molar-refractivity contribution in [3.05, 3.63) is 83.9 Å². The van der Waals surface area contributed by atoms with E-state index in [-0.39, 0.29) is 18.6 Å². The summed E-state index contributed by atoms with van der Waals surface area (Å²) in [6.45, 7) is 2.71. The first-order chi connectivity index (χ1) is 12.8. The molecule has 0 aliphatic heterocycles. The van der Waals surface area contributed by atoms with Crippen molar-refractivity contribution < 1.29 is 9.53 Å². The zero-order valence-corrected chi connectivity index (χ0v) is 15.6. The van der Waals surface area contributed by atoms with Gasteiger partial charge in [0.05, 0.1) is 12.6 Å². The minimum atomic E-state index is -0.236. The van der Waals surface area contributed by atoms with Crippen LogP contribution in [0, 0.1) is 0 Å². The van der Waals surface area contributed by atoms with Crippen molar-refractivity contribution in [2.45, 2.75) is 38.6 Å². The third-order valence-corrected chi connectivity index (χ3v) is 4.20. The second-order valence-electron chi connectivity index (χ2n) is 6.29. The summed E-state index contributed by atoms with van der Waals surface area (Å²) in [5, 5.41) is 3.32. The van der Waals surface area contributed by atoms with Crippen LogP contribution in [0.1, 0.15) is 49.8 Å². The Morgan fingerprint density at radius 1 is 0.962 bits per heavy atom. The van der Waals surface area contributed by atoms with Crippen LogP contribution in [0.2, 0.25) is 0 Å². The summed E-state index contributed by atoms with van der Waals surface area (Å²) < 4.78 is 5.28. The van der Waals surface area contributed by atoms with Crippen LogP contribution in [0.25, 0.3) is 0 Å².